The highest BCUT2D eigenvalue weighted by atomic mass is 127. The maximum Gasteiger partial charge on any atom is 0.265 e. The molecule has 0 aromatic carbocycles. The minimum absolute atomic E-state index is 0.187. The number of nitrogens with zero attached hydrogens (tertiary/aromatic N) is 1. The summed E-state index contributed by atoms with van der Waals surface area (Å²) < 4.78 is 25.6. The Labute approximate surface area is 106 Å². The van der Waals surface area contributed by atoms with Gasteiger partial charge in [-0.05, 0) is 45.2 Å². The van der Waals surface area contributed by atoms with Crippen molar-refractivity contribution in [2.24, 2.45) is 5.73 Å². The number of carbonyl (C=O) groups is 1. The van der Waals surface area contributed by atoms with Gasteiger partial charge >= 0.3 is 0 Å². The molecule has 0 spiro atoms. The lowest BCUT2D eigenvalue weighted by molar-refractivity contribution is 0.0984. The molecule has 0 bridgehead atoms. The van der Waals surface area contributed by atoms with Crippen molar-refractivity contribution in [1.82, 2.24) is 4.98 Å². The minimum atomic E-state index is -2.72. The molecular weight excluding hydrogens is 420 g/mol. The van der Waals surface area contributed by atoms with E-state index in [0.717, 1.165) is 0 Å². The van der Waals surface area contributed by atoms with E-state index in [-0.39, 0.29) is 18.4 Å². The molecule has 1 heterocycles. The molecule has 1 amide bonds. The molecule has 0 atom stereocenters. The fourth-order valence-electron chi connectivity index (χ4n) is 0.926. The van der Waals surface area contributed by atoms with Crippen LogP contribution in [-0.4, -0.2) is 10.9 Å². The average Bonchev–Trinajstić information content (AvgIpc) is 2.07. The highest BCUT2D eigenvalue weighted by Gasteiger charge is 2.23. The number of amides is 1. The van der Waals surface area contributed by atoms with Gasteiger partial charge in [-0.25, -0.2) is 13.8 Å². The lowest BCUT2D eigenvalue weighted by atomic mass is 10.1. The molecule has 2 N–H and O–H groups in total. The van der Waals surface area contributed by atoms with Crippen LogP contribution in [0, 0.1) is 7.27 Å². The van der Waals surface area contributed by atoms with E-state index in [4.69, 9.17) is 5.73 Å². The molecule has 0 unspecified atom stereocenters. The SMILES string of the molecule is NC(=O)c1c(I)ncc(I)c1C(F)F. The summed E-state index contributed by atoms with van der Waals surface area (Å²) in [6, 6.07) is 0. The topological polar surface area (TPSA) is 56.0 Å². The molecule has 0 aliphatic carbocycles. The Morgan fingerprint density at radius 1 is 1.50 bits per heavy atom. The summed E-state index contributed by atoms with van der Waals surface area (Å²) in [5.74, 6) is -0.879. The molecule has 0 saturated carbocycles. The third-order valence-corrected chi connectivity index (χ3v) is 3.17. The van der Waals surface area contributed by atoms with Gasteiger partial charge in [0.25, 0.3) is 12.3 Å². The first-order chi connectivity index (χ1) is 6.45. The van der Waals surface area contributed by atoms with Gasteiger partial charge in [-0.1, -0.05) is 0 Å². The van der Waals surface area contributed by atoms with Gasteiger partial charge < -0.3 is 5.73 Å². The van der Waals surface area contributed by atoms with Gasteiger partial charge in [-0.2, -0.15) is 0 Å². The van der Waals surface area contributed by atoms with Gasteiger partial charge in [0.05, 0.1) is 5.56 Å². The Morgan fingerprint density at radius 2 is 2.07 bits per heavy atom. The van der Waals surface area contributed by atoms with Crippen molar-refractivity contribution in [3.63, 3.8) is 0 Å². The second-order valence-corrected chi connectivity index (χ2v) is 4.53. The van der Waals surface area contributed by atoms with Crippen LogP contribution >= 0.6 is 45.2 Å². The van der Waals surface area contributed by atoms with E-state index in [9.17, 15) is 13.6 Å². The average molecular weight is 424 g/mol. The largest absolute Gasteiger partial charge is 0.366 e. The van der Waals surface area contributed by atoms with Crippen LogP contribution in [0.2, 0.25) is 0 Å². The lowest BCUT2D eigenvalue weighted by Gasteiger charge is -2.08. The summed E-state index contributed by atoms with van der Waals surface area (Å²) >= 11 is 3.40. The molecule has 0 saturated heterocycles. The number of carbonyl (C=O) groups excluding carboxylic acids is 1. The van der Waals surface area contributed by atoms with E-state index in [1.807, 2.05) is 0 Å². The van der Waals surface area contributed by atoms with Crippen LogP contribution in [-0.2, 0) is 0 Å². The first-order valence-electron chi connectivity index (χ1n) is 3.37. The Morgan fingerprint density at radius 3 is 2.43 bits per heavy atom. The fourth-order valence-corrected chi connectivity index (χ4v) is 2.27. The molecule has 1 rings (SSSR count). The van der Waals surface area contributed by atoms with Crippen molar-refractivity contribution in [2.45, 2.75) is 6.43 Å². The molecule has 0 fully saturated rings. The molecule has 1 aromatic rings. The van der Waals surface area contributed by atoms with E-state index in [1.165, 1.54) is 6.20 Å². The molecule has 1 aromatic heterocycles. The van der Waals surface area contributed by atoms with Crippen molar-refractivity contribution >= 4 is 51.1 Å². The predicted octanol–water partition coefficient (Wildman–Crippen LogP) is 2.33. The van der Waals surface area contributed by atoms with Gasteiger partial charge in [0, 0.05) is 15.3 Å². The van der Waals surface area contributed by atoms with E-state index < -0.39 is 12.3 Å². The van der Waals surface area contributed by atoms with Crippen molar-refractivity contribution in [3.05, 3.63) is 24.6 Å². The highest BCUT2D eigenvalue weighted by molar-refractivity contribution is 14.1. The molecule has 0 aliphatic rings. The van der Waals surface area contributed by atoms with Crippen LogP contribution in [0.15, 0.2) is 6.20 Å². The second kappa shape index (κ2) is 4.64. The van der Waals surface area contributed by atoms with Gasteiger partial charge in [0.2, 0.25) is 0 Å². The fraction of sp³-hybridized carbons (Fsp3) is 0.143. The van der Waals surface area contributed by atoms with Crippen LogP contribution in [0.4, 0.5) is 8.78 Å². The van der Waals surface area contributed by atoms with Crippen LogP contribution in [0.5, 0.6) is 0 Å². The number of hydrogen-bond acceptors (Lipinski definition) is 2. The summed E-state index contributed by atoms with van der Waals surface area (Å²) in [7, 11) is 0. The molecule has 0 radical (unpaired) electrons. The van der Waals surface area contributed by atoms with Gasteiger partial charge in [0.1, 0.15) is 3.70 Å². The number of halogens is 4. The second-order valence-electron chi connectivity index (χ2n) is 2.35. The molecule has 3 nitrogen and oxygen atoms in total. The van der Waals surface area contributed by atoms with Crippen molar-refractivity contribution in [1.29, 1.82) is 0 Å². The third kappa shape index (κ3) is 2.30. The monoisotopic (exact) mass is 424 g/mol. The molecule has 7 heteroatoms. The van der Waals surface area contributed by atoms with E-state index >= 15 is 0 Å². The standard InChI is InChI=1S/C7H4F2I2N2O/c8-5(9)3-2(10)1-13-6(11)4(3)7(12)14/h1,5H,(H2,12,14). The number of pyridine rings is 1. The summed E-state index contributed by atoms with van der Waals surface area (Å²) in [5.41, 5.74) is 4.48. The number of primary amides is 1. The van der Waals surface area contributed by atoms with E-state index in [0.29, 0.717) is 0 Å². The first kappa shape index (κ1) is 12.0. The first-order valence-corrected chi connectivity index (χ1v) is 5.52. The number of nitrogens with two attached hydrogens (primary N) is 1. The Balaban J connectivity index is 3.50. The van der Waals surface area contributed by atoms with Crippen LogP contribution in [0.3, 0.4) is 0 Å². The maximum atomic E-state index is 12.6. The number of alkyl halides is 2. The Hall–Kier alpha value is -0.0600. The van der Waals surface area contributed by atoms with E-state index in [1.54, 1.807) is 45.2 Å². The number of hydrogen-bond donors (Lipinski definition) is 1. The predicted molar refractivity (Wildman–Crippen MR) is 63.1 cm³/mol. The summed E-state index contributed by atoms with van der Waals surface area (Å²) in [5, 5.41) is 0. The smallest absolute Gasteiger partial charge is 0.265 e. The quantitative estimate of drug-likeness (QED) is 0.586. The summed E-state index contributed by atoms with van der Waals surface area (Å²) in [6.07, 6.45) is -1.43. The number of aromatic nitrogens is 1. The minimum Gasteiger partial charge on any atom is -0.366 e. The van der Waals surface area contributed by atoms with Crippen LogP contribution in [0.25, 0.3) is 0 Å². The molecule has 76 valence electrons. The zero-order chi connectivity index (χ0) is 10.9. The molecule has 0 aliphatic heterocycles. The molecule has 14 heavy (non-hydrogen) atoms. The Bertz CT molecular complexity index is 384. The summed E-state index contributed by atoms with van der Waals surface area (Å²) in [4.78, 5) is 14.7. The summed E-state index contributed by atoms with van der Waals surface area (Å²) in [6.45, 7) is 0. The highest BCUT2D eigenvalue weighted by Crippen LogP contribution is 2.29. The van der Waals surface area contributed by atoms with Crippen molar-refractivity contribution in [2.75, 3.05) is 0 Å². The zero-order valence-electron chi connectivity index (χ0n) is 6.60. The lowest BCUT2D eigenvalue weighted by Crippen LogP contribution is -2.18. The van der Waals surface area contributed by atoms with Crippen LogP contribution in [0.1, 0.15) is 22.3 Å². The third-order valence-electron chi connectivity index (χ3n) is 1.49. The maximum absolute atomic E-state index is 12.6. The normalized spacial score (nSPS) is 10.6. The van der Waals surface area contributed by atoms with Crippen molar-refractivity contribution < 1.29 is 13.6 Å². The van der Waals surface area contributed by atoms with Gasteiger partial charge in [0.15, 0.2) is 0 Å². The molecular formula is C7H4F2I2N2O. The van der Waals surface area contributed by atoms with Crippen LogP contribution < -0.4 is 5.73 Å². The van der Waals surface area contributed by atoms with Gasteiger partial charge in [-0.15, -0.1) is 0 Å². The van der Waals surface area contributed by atoms with E-state index in [2.05, 4.69) is 4.98 Å². The zero-order valence-corrected chi connectivity index (χ0v) is 10.9. The van der Waals surface area contributed by atoms with Crippen molar-refractivity contribution in [3.8, 4) is 0 Å². The number of rotatable bonds is 2. The van der Waals surface area contributed by atoms with Gasteiger partial charge in [-0.3, -0.25) is 4.79 Å². The Kier molecular flexibility index (Phi) is 3.98.